The van der Waals surface area contributed by atoms with E-state index in [4.69, 9.17) is 21.4 Å². The first kappa shape index (κ1) is 17.2. The topological polar surface area (TPSA) is 111 Å². The summed E-state index contributed by atoms with van der Waals surface area (Å²) in [5.41, 5.74) is 6.95. The van der Waals surface area contributed by atoms with Crippen molar-refractivity contribution in [3.8, 4) is 17.6 Å². The lowest BCUT2D eigenvalue weighted by Crippen LogP contribution is -2.31. The fourth-order valence-corrected chi connectivity index (χ4v) is 1.23. The number of ether oxygens (including phenoxy) is 1. The number of nitrogens with one attached hydrogen (secondary N) is 1. The highest BCUT2D eigenvalue weighted by atomic mass is 19.4. The van der Waals surface area contributed by atoms with Crippen LogP contribution in [0.2, 0.25) is 0 Å². The number of carboxylic acids is 1. The Hall–Kier alpha value is -2.86. The zero-order valence-electron chi connectivity index (χ0n) is 11.1. The van der Waals surface area contributed by atoms with Crippen LogP contribution in [0.4, 0.5) is 13.2 Å². The lowest BCUT2D eigenvalue weighted by Gasteiger charge is -2.10. The van der Waals surface area contributed by atoms with E-state index in [0.717, 1.165) is 0 Å². The molecule has 1 aromatic carbocycles. The molecule has 0 radical (unpaired) electrons. The van der Waals surface area contributed by atoms with Crippen LogP contribution in [-0.2, 0) is 4.79 Å². The molecule has 0 aliphatic carbocycles. The number of aliphatic carboxylic acids is 1. The maximum absolute atomic E-state index is 11.9. The molecule has 0 unspecified atom stereocenters. The normalized spacial score (nSPS) is 11.8. The van der Waals surface area contributed by atoms with Crippen molar-refractivity contribution in [2.75, 3.05) is 0 Å². The molecule has 0 bridgehead atoms. The Morgan fingerprint density at radius 2 is 1.91 bits per heavy atom. The average molecular weight is 315 g/mol. The van der Waals surface area contributed by atoms with E-state index < -0.39 is 24.3 Å². The first-order valence-electron chi connectivity index (χ1n) is 5.76. The second-order valence-corrected chi connectivity index (χ2v) is 3.91. The van der Waals surface area contributed by atoms with Gasteiger partial charge in [0.2, 0.25) is 5.88 Å². The van der Waals surface area contributed by atoms with Crippen LogP contribution in [-0.4, -0.2) is 17.3 Å². The van der Waals surface area contributed by atoms with Gasteiger partial charge in [0, 0.05) is 5.56 Å². The van der Waals surface area contributed by atoms with Gasteiger partial charge in [-0.1, -0.05) is 11.8 Å². The number of halogens is 3. The van der Waals surface area contributed by atoms with E-state index in [-0.39, 0.29) is 11.6 Å². The van der Waals surface area contributed by atoms with Crippen molar-refractivity contribution in [1.29, 1.82) is 0 Å². The van der Waals surface area contributed by atoms with Crippen LogP contribution in [0.1, 0.15) is 12.0 Å². The summed E-state index contributed by atoms with van der Waals surface area (Å²) < 4.78 is 40.9. The minimum Gasteiger partial charge on any atom is -0.476 e. The maximum atomic E-state index is 11.9. The van der Waals surface area contributed by atoms with E-state index in [2.05, 4.69) is 5.92 Å². The number of nitrogens with two attached hydrogens (primary N) is 2. The quantitative estimate of drug-likeness (QED) is 0.217. The first-order valence-corrected chi connectivity index (χ1v) is 5.76. The molecule has 0 heterocycles. The number of alkyl halides is 3. The van der Waals surface area contributed by atoms with Gasteiger partial charge in [-0.15, -0.1) is 0 Å². The van der Waals surface area contributed by atoms with E-state index in [1.54, 1.807) is 0 Å². The van der Waals surface area contributed by atoms with Crippen molar-refractivity contribution in [2.45, 2.75) is 12.6 Å². The third kappa shape index (κ3) is 5.64. The van der Waals surface area contributed by atoms with Gasteiger partial charge in [-0.05, 0) is 24.3 Å². The predicted molar refractivity (Wildman–Crippen MR) is 70.8 cm³/mol. The summed E-state index contributed by atoms with van der Waals surface area (Å²) in [4.78, 5) is 10.7. The summed E-state index contributed by atoms with van der Waals surface area (Å²) >= 11 is 0. The highest BCUT2D eigenvalue weighted by molar-refractivity contribution is 5.85. The van der Waals surface area contributed by atoms with E-state index in [1.807, 2.05) is 11.3 Å². The summed E-state index contributed by atoms with van der Waals surface area (Å²) in [7, 11) is 0. The van der Waals surface area contributed by atoms with Gasteiger partial charge in [0.25, 0.3) is 0 Å². The van der Waals surface area contributed by atoms with Crippen LogP contribution >= 0.6 is 0 Å². The molecule has 6 N–H and O–H groups in total. The molecule has 0 aliphatic heterocycles. The largest absolute Gasteiger partial charge is 0.476 e. The molecular weight excluding hydrogens is 303 g/mol. The summed E-state index contributed by atoms with van der Waals surface area (Å²) in [6.45, 7) is 0. The Morgan fingerprint density at radius 3 is 2.36 bits per heavy atom. The van der Waals surface area contributed by atoms with Crippen LogP contribution in [0, 0.1) is 11.8 Å². The fraction of sp³-hybridized carbons (Fsp3) is 0.154. The molecule has 0 saturated heterocycles. The smallest absolute Gasteiger partial charge is 0.399 e. The van der Waals surface area contributed by atoms with E-state index in [1.165, 1.54) is 24.3 Å². The van der Waals surface area contributed by atoms with Crippen molar-refractivity contribution in [1.82, 2.24) is 5.43 Å². The Labute approximate surface area is 123 Å². The minimum absolute atomic E-state index is 0.179. The van der Waals surface area contributed by atoms with Gasteiger partial charge in [-0.25, -0.2) is 10.6 Å². The number of hydrogen-bond donors (Lipinski definition) is 4. The fourth-order valence-electron chi connectivity index (χ4n) is 1.23. The summed E-state index contributed by atoms with van der Waals surface area (Å²) in [5.74, 6) is 7.80. The van der Waals surface area contributed by atoms with Crippen LogP contribution < -0.4 is 21.7 Å². The monoisotopic (exact) mass is 315 g/mol. The van der Waals surface area contributed by atoms with Crippen molar-refractivity contribution in [3.63, 3.8) is 0 Å². The zero-order valence-corrected chi connectivity index (χ0v) is 11.1. The zero-order chi connectivity index (χ0) is 16.8. The Kier molecular flexibility index (Phi) is 5.65. The maximum Gasteiger partial charge on any atom is 0.399 e. The van der Waals surface area contributed by atoms with Gasteiger partial charge >= 0.3 is 12.1 Å². The van der Waals surface area contributed by atoms with Crippen LogP contribution in [0.5, 0.6) is 5.75 Å². The number of carboxylic acid groups (broad SMARTS) is 1. The molecule has 0 atom stereocenters. The van der Waals surface area contributed by atoms with E-state index in [0.29, 0.717) is 5.56 Å². The molecule has 0 spiro atoms. The Morgan fingerprint density at radius 1 is 1.32 bits per heavy atom. The lowest BCUT2D eigenvalue weighted by molar-refractivity contribution is -0.133. The molecule has 0 aromatic heterocycles. The van der Waals surface area contributed by atoms with Crippen molar-refractivity contribution in [3.05, 3.63) is 41.4 Å². The van der Waals surface area contributed by atoms with Crippen molar-refractivity contribution < 1.29 is 27.8 Å². The van der Waals surface area contributed by atoms with Gasteiger partial charge in [-0.2, -0.15) is 13.2 Å². The molecule has 22 heavy (non-hydrogen) atoms. The van der Waals surface area contributed by atoms with Crippen LogP contribution in [0.3, 0.4) is 0 Å². The number of carbonyl (C=O) groups is 1. The molecule has 0 aliphatic rings. The van der Waals surface area contributed by atoms with Crippen molar-refractivity contribution in [2.24, 2.45) is 11.6 Å². The van der Waals surface area contributed by atoms with Crippen molar-refractivity contribution >= 4 is 5.97 Å². The van der Waals surface area contributed by atoms with Gasteiger partial charge < -0.3 is 15.6 Å². The standard InChI is InChI=1S/C13H12F3N3O3/c14-13(15,16)7-1-2-8-3-5-9(6-4-8)22-11(19-18)10(17)12(20)21/h3-6,19H,7,17-18H2,(H,20,21)/b11-10+. The SMILES string of the molecule is NN/C(Oc1ccc(C#CCC(F)(F)F)cc1)=C(\N)C(=O)O. The highest BCUT2D eigenvalue weighted by Crippen LogP contribution is 2.18. The minimum atomic E-state index is -4.34. The molecule has 9 heteroatoms. The number of hydrogen-bond acceptors (Lipinski definition) is 5. The number of benzene rings is 1. The molecular formula is C13H12F3N3O3. The van der Waals surface area contributed by atoms with Crippen LogP contribution in [0.25, 0.3) is 0 Å². The molecule has 118 valence electrons. The third-order valence-electron chi connectivity index (χ3n) is 2.20. The second-order valence-electron chi connectivity index (χ2n) is 3.91. The summed E-state index contributed by atoms with van der Waals surface area (Å²) in [6.07, 6.45) is -5.54. The molecule has 1 aromatic rings. The average Bonchev–Trinajstić information content (AvgIpc) is 2.44. The highest BCUT2D eigenvalue weighted by Gasteiger charge is 2.25. The predicted octanol–water partition coefficient (Wildman–Crippen LogP) is 1.05. The van der Waals surface area contributed by atoms with Gasteiger partial charge in [-0.3, -0.25) is 5.43 Å². The molecule has 6 nitrogen and oxygen atoms in total. The van der Waals surface area contributed by atoms with Gasteiger partial charge in [0.15, 0.2) is 5.70 Å². The summed E-state index contributed by atoms with van der Waals surface area (Å²) in [6, 6.07) is 5.57. The Balaban J connectivity index is 2.81. The second kappa shape index (κ2) is 7.24. The summed E-state index contributed by atoms with van der Waals surface area (Å²) in [5, 5.41) is 8.70. The Bertz CT molecular complexity index is 628. The molecule has 0 amide bonds. The number of hydrazine groups is 1. The molecule has 0 fully saturated rings. The van der Waals surface area contributed by atoms with Gasteiger partial charge in [0.05, 0.1) is 0 Å². The molecule has 1 rings (SSSR count). The lowest BCUT2D eigenvalue weighted by atomic mass is 10.2. The van der Waals surface area contributed by atoms with Crippen LogP contribution in [0.15, 0.2) is 35.8 Å². The van der Waals surface area contributed by atoms with E-state index in [9.17, 15) is 18.0 Å². The number of rotatable bonds is 4. The molecule has 0 saturated carbocycles. The first-order chi connectivity index (χ1) is 10.2. The van der Waals surface area contributed by atoms with E-state index >= 15 is 0 Å². The van der Waals surface area contributed by atoms with Gasteiger partial charge in [0.1, 0.15) is 12.2 Å². The third-order valence-corrected chi connectivity index (χ3v) is 2.20.